The topological polar surface area (TPSA) is 106 Å². The van der Waals surface area contributed by atoms with E-state index < -0.39 is 15.8 Å². The van der Waals surface area contributed by atoms with Gasteiger partial charge >= 0.3 is 0 Å². The number of sulfonamides is 1. The molecule has 1 N–H and O–H groups in total. The molecule has 12 heteroatoms. The second-order valence-corrected chi connectivity index (χ2v) is 11.7. The van der Waals surface area contributed by atoms with Crippen molar-refractivity contribution in [1.82, 2.24) is 19.1 Å². The molecule has 0 unspecified atom stereocenters. The van der Waals surface area contributed by atoms with Gasteiger partial charge in [0.15, 0.2) is 0 Å². The van der Waals surface area contributed by atoms with E-state index in [0.29, 0.717) is 36.1 Å². The number of aromatic nitrogens is 3. The van der Waals surface area contributed by atoms with Gasteiger partial charge in [0.25, 0.3) is 0 Å². The summed E-state index contributed by atoms with van der Waals surface area (Å²) in [6.07, 6.45) is 0.746. The van der Waals surface area contributed by atoms with Crippen molar-refractivity contribution in [3.63, 3.8) is 0 Å². The molecule has 1 saturated heterocycles. The van der Waals surface area contributed by atoms with Crippen molar-refractivity contribution in [2.24, 2.45) is 5.92 Å². The maximum Gasteiger partial charge on any atom is 0.243 e. The first-order chi connectivity index (χ1) is 17.8. The third-order valence-electron chi connectivity index (χ3n) is 6.21. The van der Waals surface area contributed by atoms with Crippen molar-refractivity contribution in [2.45, 2.75) is 31.6 Å². The number of para-hydroxylation sites is 1. The summed E-state index contributed by atoms with van der Waals surface area (Å²) in [6.45, 7) is 4.68. The fourth-order valence-electron chi connectivity index (χ4n) is 4.35. The molecule has 1 fully saturated rings. The van der Waals surface area contributed by atoms with Gasteiger partial charge in [-0.2, -0.15) is 14.1 Å². The predicted octanol–water partition coefficient (Wildman–Crippen LogP) is 4.37. The number of ether oxygens (including phenoxy) is 1. The van der Waals surface area contributed by atoms with Crippen LogP contribution in [0.3, 0.4) is 0 Å². The molecule has 3 heterocycles. The Morgan fingerprint density at radius 2 is 1.92 bits per heavy atom. The molecular formula is C25H26FN5O4S2. The van der Waals surface area contributed by atoms with E-state index in [2.05, 4.69) is 10.4 Å². The summed E-state index contributed by atoms with van der Waals surface area (Å²) in [5.41, 5.74) is 1.46. The molecule has 1 amide bonds. The molecule has 0 aliphatic carbocycles. The van der Waals surface area contributed by atoms with Crippen LogP contribution in [0.5, 0.6) is 5.75 Å². The van der Waals surface area contributed by atoms with Crippen LogP contribution >= 0.6 is 11.3 Å². The van der Waals surface area contributed by atoms with Crippen molar-refractivity contribution < 1.29 is 22.3 Å². The lowest BCUT2D eigenvalue weighted by Gasteiger charge is -2.30. The fraction of sp³-hybridized carbons (Fsp3) is 0.320. The van der Waals surface area contributed by atoms with Crippen LogP contribution in [-0.2, 0) is 14.8 Å². The number of halogens is 1. The van der Waals surface area contributed by atoms with E-state index >= 15 is 0 Å². The summed E-state index contributed by atoms with van der Waals surface area (Å²) in [5.74, 6) is 0.143. The molecule has 0 atom stereocenters. The van der Waals surface area contributed by atoms with Crippen LogP contribution in [0.25, 0.3) is 15.3 Å². The zero-order valence-electron chi connectivity index (χ0n) is 20.3. The SMILES string of the molecule is CCOc1cccc2sc(-n3nc(C)cc3NC(=O)C3CCN(S(=O)(=O)c4ccc(F)cc4)CC3)nc12. The van der Waals surface area contributed by atoms with Crippen molar-refractivity contribution in [2.75, 3.05) is 25.0 Å². The van der Waals surface area contributed by atoms with Crippen LogP contribution < -0.4 is 10.1 Å². The van der Waals surface area contributed by atoms with Crippen LogP contribution in [0.4, 0.5) is 10.2 Å². The summed E-state index contributed by atoms with van der Waals surface area (Å²) in [6, 6.07) is 12.3. The monoisotopic (exact) mass is 543 g/mol. The number of thiazole rings is 1. The first-order valence-electron chi connectivity index (χ1n) is 11.9. The van der Waals surface area contributed by atoms with Gasteiger partial charge in [-0.25, -0.2) is 17.8 Å². The largest absolute Gasteiger partial charge is 0.492 e. The molecule has 2 aromatic heterocycles. The number of benzene rings is 2. The van der Waals surface area contributed by atoms with Gasteiger partial charge in [-0.15, -0.1) is 0 Å². The first-order valence-corrected chi connectivity index (χ1v) is 14.2. The number of aryl methyl sites for hydroxylation is 1. The lowest BCUT2D eigenvalue weighted by molar-refractivity contribution is -0.120. The van der Waals surface area contributed by atoms with Gasteiger partial charge in [-0.3, -0.25) is 4.79 Å². The standard InChI is InChI=1S/C25H26FN5O4S2/c1-3-35-20-5-4-6-21-23(20)28-25(36-21)31-22(15-16(2)29-31)27-24(32)17-11-13-30(14-12-17)37(33,34)19-9-7-18(26)8-10-19/h4-10,15,17H,3,11-14H2,1-2H3,(H,27,32). The number of rotatable bonds is 7. The van der Waals surface area contributed by atoms with Gasteiger partial charge in [0.2, 0.25) is 21.1 Å². The predicted molar refractivity (Wildman–Crippen MR) is 139 cm³/mol. The van der Waals surface area contributed by atoms with E-state index in [9.17, 15) is 17.6 Å². The number of nitrogens with one attached hydrogen (secondary N) is 1. The summed E-state index contributed by atoms with van der Waals surface area (Å²) < 4.78 is 48.6. The zero-order chi connectivity index (χ0) is 26.2. The van der Waals surface area contributed by atoms with Gasteiger partial charge in [-0.05, 0) is 63.1 Å². The number of carbonyl (C=O) groups excluding carboxylic acids is 1. The van der Waals surface area contributed by atoms with Crippen molar-refractivity contribution in [1.29, 1.82) is 0 Å². The average molecular weight is 544 g/mol. The lowest BCUT2D eigenvalue weighted by atomic mass is 9.97. The number of fused-ring (bicyclic) bond motifs is 1. The fourth-order valence-corrected chi connectivity index (χ4v) is 6.77. The highest BCUT2D eigenvalue weighted by Gasteiger charge is 2.32. The Morgan fingerprint density at radius 3 is 2.62 bits per heavy atom. The minimum atomic E-state index is -3.74. The molecular weight excluding hydrogens is 517 g/mol. The summed E-state index contributed by atoms with van der Waals surface area (Å²) >= 11 is 1.44. The smallest absolute Gasteiger partial charge is 0.243 e. The molecule has 5 rings (SSSR count). The Morgan fingerprint density at radius 1 is 1.19 bits per heavy atom. The Bertz CT molecular complexity index is 1540. The van der Waals surface area contributed by atoms with Gasteiger partial charge < -0.3 is 10.1 Å². The molecule has 37 heavy (non-hydrogen) atoms. The highest BCUT2D eigenvalue weighted by molar-refractivity contribution is 7.89. The number of piperidine rings is 1. The molecule has 194 valence electrons. The molecule has 1 aliphatic rings. The minimum Gasteiger partial charge on any atom is -0.492 e. The molecule has 0 spiro atoms. The Labute approximate surface area is 217 Å². The van der Waals surface area contributed by atoms with Crippen molar-refractivity contribution in [3.05, 3.63) is 60.0 Å². The van der Waals surface area contributed by atoms with Crippen molar-refractivity contribution in [3.8, 4) is 10.9 Å². The van der Waals surface area contributed by atoms with Gasteiger partial charge in [0.05, 0.1) is 21.9 Å². The third kappa shape index (κ3) is 5.09. The Kier molecular flexibility index (Phi) is 6.97. The molecule has 0 saturated carbocycles. The van der Waals surface area contributed by atoms with Crippen LogP contribution in [0.1, 0.15) is 25.5 Å². The molecule has 4 aromatic rings. The highest BCUT2D eigenvalue weighted by Crippen LogP contribution is 2.33. The van der Waals surface area contributed by atoms with E-state index in [1.165, 1.54) is 27.8 Å². The number of anilines is 1. The summed E-state index contributed by atoms with van der Waals surface area (Å²) in [4.78, 5) is 17.9. The quantitative estimate of drug-likeness (QED) is 0.371. The first kappa shape index (κ1) is 25.3. The van der Waals surface area contributed by atoms with Gasteiger partial charge in [-0.1, -0.05) is 17.4 Å². The molecule has 2 aromatic carbocycles. The zero-order valence-corrected chi connectivity index (χ0v) is 22.0. The maximum absolute atomic E-state index is 13.2. The van der Waals surface area contributed by atoms with Gasteiger partial charge in [0, 0.05) is 25.1 Å². The Hall–Kier alpha value is -3.35. The number of amides is 1. The molecule has 1 aliphatic heterocycles. The second kappa shape index (κ2) is 10.2. The number of hydrogen-bond donors (Lipinski definition) is 1. The summed E-state index contributed by atoms with van der Waals surface area (Å²) in [7, 11) is -3.74. The van der Waals surface area contributed by atoms with E-state index in [1.54, 1.807) is 10.7 Å². The van der Waals surface area contributed by atoms with Crippen LogP contribution in [-0.4, -0.2) is 53.1 Å². The number of hydrogen-bond acceptors (Lipinski definition) is 7. The maximum atomic E-state index is 13.2. The average Bonchev–Trinajstić information content (AvgIpc) is 3.48. The van der Waals surface area contributed by atoms with Gasteiger partial charge in [0.1, 0.15) is 22.9 Å². The lowest BCUT2D eigenvalue weighted by Crippen LogP contribution is -2.41. The number of carbonyl (C=O) groups is 1. The van der Waals surface area contributed by atoms with Crippen LogP contribution in [0.15, 0.2) is 53.4 Å². The van der Waals surface area contributed by atoms with Crippen LogP contribution in [0.2, 0.25) is 0 Å². The van der Waals surface area contributed by atoms with E-state index in [1.807, 2.05) is 32.0 Å². The molecule has 0 radical (unpaired) electrons. The van der Waals surface area contributed by atoms with E-state index in [-0.39, 0.29) is 29.8 Å². The number of nitrogens with zero attached hydrogens (tertiary/aromatic N) is 4. The molecule has 9 nitrogen and oxygen atoms in total. The Balaban J connectivity index is 1.30. The van der Waals surface area contributed by atoms with E-state index in [4.69, 9.17) is 9.72 Å². The van der Waals surface area contributed by atoms with E-state index in [0.717, 1.165) is 28.0 Å². The minimum absolute atomic E-state index is 0.0412. The summed E-state index contributed by atoms with van der Waals surface area (Å²) in [5, 5.41) is 8.09. The molecule has 0 bridgehead atoms. The second-order valence-electron chi connectivity index (χ2n) is 8.74. The van der Waals surface area contributed by atoms with Crippen molar-refractivity contribution >= 4 is 43.3 Å². The van der Waals surface area contributed by atoms with Crippen LogP contribution in [0, 0.1) is 18.7 Å². The highest BCUT2D eigenvalue weighted by atomic mass is 32.2. The normalized spacial score (nSPS) is 15.2. The third-order valence-corrected chi connectivity index (χ3v) is 9.12.